The Balaban J connectivity index is 1.71. The molecule has 5 heteroatoms. The van der Waals surface area contributed by atoms with Gasteiger partial charge in [-0.05, 0) is 55.3 Å². The maximum absolute atomic E-state index is 12.5. The Kier molecular flexibility index (Phi) is 5.89. The van der Waals surface area contributed by atoms with E-state index in [2.05, 4.69) is 5.32 Å². The molecule has 1 amide bonds. The molecule has 1 aliphatic heterocycles. The van der Waals surface area contributed by atoms with Crippen LogP contribution in [0.1, 0.15) is 37.3 Å². The van der Waals surface area contributed by atoms with Crippen LogP contribution in [0.3, 0.4) is 0 Å². The van der Waals surface area contributed by atoms with Crippen LogP contribution in [-0.4, -0.2) is 19.1 Å². The lowest BCUT2D eigenvalue weighted by molar-refractivity contribution is -0.116. The van der Waals surface area contributed by atoms with Crippen molar-refractivity contribution in [1.29, 1.82) is 0 Å². The third-order valence-electron chi connectivity index (χ3n) is 4.99. The summed E-state index contributed by atoms with van der Waals surface area (Å²) in [6, 6.07) is 21.4. The van der Waals surface area contributed by atoms with Crippen molar-refractivity contribution in [3.63, 3.8) is 0 Å². The Bertz CT molecular complexity index is 1030. The summed E-state index contributed by atoms with van der Waals surface area (Å²) in [4.78, 5) is 12.5. The number of amides is 1. The Hall–Kier alpha value is -3.47. The lowest BCUT2D eigenvalue weighted by Gasteiger charge is -2.28. The predicted molar refractivity (Wildman–Crippen MR) is 117 cm³/mol. The molecule has 0 bridgehead atoms. The summed E-state index contributed by atoms with van der Waals surface area (Å²) in [6.45, 7) is 4.93. The zero-order valence-electron chi connectivity index (χ0n) is 17.2. The molecule has 3 aromatic rings. The van der Waals surface area contributed by atoms with Gasteiger partial charge in [0.15, 0.2) is 11.5 Å². The molecule has 0 saturated heterocycles. The minimum absolute atomic E-state index is 0.0199. The molecule has 30 heavy (non-hydrogen) atoms. The molecule has 0 aliphatic carbocycles. The lowest BCUT2D eigenvalue weighted by atomic mass is 9.84. The van der Waals surface area contributed by atoms with Gasteiger partial charge in [-0.3, -0.25) is 4.79 Å². The highest BCUT2D eigenvalue weighted by Crippen LogP contribution is 2.43. The Labute approximate surface area is 176 Å². The van der Waals surface area contributed by atoms with Crippen LogP contribution >= 0.6 is 0 Å². The van der Waals surface area contributed by atoms with E-state index >= 15 is 0 Å². The van der Waals surface area contributed by atoms with Gasteiger partial charge in [-0.2, -0.15) is 0 Å². The first-order valence-corrected chi connectivity index (χ1v) is 10.2. The number of para-hydroxylation sites is 1. The first-order chi connectivity index (χ1) is 14.7. The molecule has 1 heterocycles. The van der Waals surface area contributed by atoms with Crippen LogP contribution in [0.2, 0.25) is 0 Å². The van der Waals surface area contributed by atoms with Crippen LogP contribution in [0.15, 0.2) is 66.7 Å². The van der Waals surface area contributed by atoms with Gasteiger partial charge in [0, 0.05) is 24.1 Å². The van der Waals surface area contributed by atoms with Gasteiger partial charge < -0.3 is 19.5 Å². The molecule has 1 N–H and O–H groups in total. The van der Waals surface area contributed by atoms with Crippen molar-refractivity contribution in [3.8, 4) is 23.0 Å². The average molecular weight is 403 g/mol. The van der Waals surface area contributed by atoms with Crippen LogP contribution in [0.25, 0.3) is 0 Å². The number of fused-ring (bicyclic) bond motifs is 1. The van der Waals surface area contributed by atoms with Gasteiger partial charge in [-0.25, -0.2) is 0 Å². The van der Waals surface area contributed by atoms with E-state index in [0.717, 1.165) is 28.3 Å². The molecule has 1 atom stereocenters. The SMILES string of the molecule is CCOc1cc2c(cc1OCC)[C@H](c1cccc(Oc3ccccc3)c1)CC(=O)N2. The minimum atomic E-state index is -0.0945. The Morgan fingerprint density at radius 2 is 1.57 bits per heavy atom. The molecule has 0 fully saturated rings. The fourth-order valence-electron chi connectivity index (χ4n) is 3.72. The van der Waals surface area contributed by atoms with Crippen molar-refractivity contribution in [2.45, 2.75) is 26.2 Å². The highest BCUT2D eigenvalue weighted by Gasteiger charge is 2.29. The zero-order valence-corrected chi connectivity index (χ0v) is 17.2. The fourth-order valence-corrected chi connectivity index (χ4v) is 3.72. The molecule has 0 spiro atoms. The molecule has 154 valence electrons. The summed E-state index contributed by atoms with van der Waals surface area (Å²) in [6.07, 6.45) is 0.362. The number of ether oxygens (including phenoxy) is 3. The lowest BCUT2D eigenvalue weighted by Crippen LogP contribution is -2.23. The maximum Gasteiger partial charge on any atom is 0.225 e. The maximum atomic E-state index is 12.5. The van der Waals surface area contributed by atoms with Gasteiger partial charge in [-0.1, -0.05) is 30.3 Å². The monoisotopic (exact) mass is 403 g/mol. The number of anilines is 1. The van der Waals surface area contributed by atoms with Crippen LogP contribution in [0, 0.1) is 0 Å². The molecule has 5 nitrogen and oxygen atoms in total. The summed E-state index contributed by atoms with van der Waals surface area (Å²) >= 11 is 0. The third-order valence-corrected chi connectivity index (χ3v) is 4.99. The van der Waals surface area contributed by atoms with Gasteiger partial charge in [0.25, 0.3) is 0 Å². The van der Waals surface area contributed by atoms with E-state index in [1.54, 1.807) is 0 Å². The van der Waals surface area contributed by atoms with Gasteiger partial charge in [-0.15, -0.1) is 0 Å². The number of carbonyl (C=O) groups excluding carboxylic acids is 1. The van der Waals surface area contributed by atoms with E-state index in [1.807, 2.05) is 80.6 Å². The number of benzene rings is 3. The van der Waals surface area contributed by atoms with Crippen molar-refractivity contribution in [2.75, 3.05) is 18.5 Å². The van der Waals surface area contributed by atoms with E-state index in [9.17, 15) is 4.79 Å². The van der Waals surface area contributed by atoms with Gasteiger partial charge in [0.2, 0.25) is 5.91 Å². The molecule has 0 aromatic heterocycles. The van der Waals surface area contributed by atoms with Gasteiger partial charge in [0.05, 0.1) is 13.2 Å². The third kappa shape index (κ3) is 4.25. The molecule has 0 saturated carbocycles. The second-order valence-electron chi connectivity index (χ2n) is 7.04. The second kappa shape index (κ2) is 8.91. The van der Waals surface area contributed by atoms with Crippen molar-refractivity contribution in [2.24, 2.45) is 0 Å². The molecule has 4 rings (SSSR count). The van der Waals surface area contributed by atoms with Crippen LogP contribution < -0.4 is 19.5 Å². The Morgan fingerprint density at radius 1 is 0.867 bits per heavy atom. The van der Waals surface area contributed by atoms with Crippen molar-refractivity contribution >= 4 is 11.6 Å². The summed E-state index contributed by atoms with van der Waals surface area (Å²) in [5.41, 5.74) is 2.79. The zero-order chi connectivity index (χ0) is 20.9. The molecule has 0 radical (unpaired) electrons. The quantitative estimate of drug-likeness (QED) is 0.546. The normalized spacial score (nSPS) is 15.1. The number of rotatable bonds is 7. The van der Waals surface area contributed by atoms with Crippen molar-refractivity contribution < 1.29 is 19.0 Å². The molecule has 1 aliphatic rings. The molecular weight excluding hydrogens is 378 g/mol. The highest BCUT2D eigenvalue weighted by molar-refractivity contribution is 5.96. The van der Waals surface area contributed by atoms with E-state index in [1.165, 1.54) is 0 Å². The summed E-state index contributed by atoms with van der Waals surface area (Å²) in [5.74, 6) is 2.73. The molecule has 0 unspecified atom stereocenters. The minimum Gasteiger partial charge on any atom is -0.490 e. The number of nitrogens with one attached hydrogen (secondary N) is 1. The first-order valence-electron chi connectivity index (χ1n) is 10.2. The predicted octanol–water partition coefficient (Wildman–Crippen LogP) is 5.75. The van der Waals surface area contributed by atoms with E-state index in [0.29, 0.717) is 31.1 Å². The van der Waals surface area contributed by atoms with E-state index in [-0.39, 0.29) is 11.8 Å². The van der Waals surface area contributed by atoms with Gasteiger partial charge in [0.1, 0.15) is 11.5 Å². The van der Waals surface area contributed by atoms with E-state index < -0.39 is 0 Å². The van der Waals surface area contributed by atoms with E-state index in [4.69, 9.17) is 14.2 Å². The topological polar surface area (TPSA) is 56.8 Å². The average Bonchev–Trinajstić information content (AvgIpc) is 2.75. The smallest absolute Gasteiger partial charge is 0.225 e. The van der Waals surface area contributed by atoms with Crippen LogP contribution in [0.4, 0.5) is 5.69 Å². The van der Waals surface area contributed by atoms with Crippen molar-refractivity contribution in [1.82, 2.24) is 0 Å². The van der Waals surface area contributed by atoms with Crippen LogP contribution in [0.5, 0.6) is 23.0 Å². The van der Waals surface area contributed by atoms with Crippen molar-refractivity contribution in [3.05, 3.63) is 77.9 Å². The summed E-state index contributed by atoms with van der Waals surface area (Å²) in [5, 5.41) is 2.98. The second-order valence-corrected chi connectivity index (χ2v) is 7.04. The molecule has 3 aromatic carbocycles. The Morgan fingerprint density at radius 3 is 2.30 bits per heavy atom. The van der Waals surface area contributed by atoms with Gasteiger partial charge >= 0.3 is 0 Å². The largest absolute Gasteiger partial charge is 0.490 e. The fraction of sp³-hybridized carbons (Fsp3) is 0.240. The molecular formula is C25H25NO4. The number of hydrogen-bond acceptors (Lipinski definition) is 4. The summed E-state index contributed by atoms with van der Waals surface area (Å²) in [7, 11) is 0. The standard InChI is InChI=1S/C25H25NO4/c1-3-28-23-14-21-20(15-25(27)26-22(21)16-24(23)29-4-2)17-9-8-12-19(13-17)30-18-10-6-5-7-11-18/h5-14,16,20H,3-4,15H2,1-2H3,(H,26,27)/t20-/m0/s1. The highest BCUT2D eigenvalue weighted by atomic mass is 16.5. The number of carbonyl (C=O) groups is 1. The summed E-state index contributed by atoms with van der Waals surface area (Å²) < 4.78 is 17.5. The van der Waals surface area contributed by atoms with Crippen LogP contribution in [-0.2, 0) is 4.79 Å². The first kappa shape index (κ1) is 19.8. The number of hydrogen-bond donors (Lipinski definition) is 1.